The fraction of sp³-hybridized carbons (Fsp3) is 0.333. The van der Waals surface area contributed by atoms with Crippen LogP contribution in [0.4, 0.5) is 0 Å². The largest absolute Gasteiger partial charge is 0.361 e. The maximum atomic E-state index is 5.76. The van der Waals surface area contributed by atoms with Gasteiger partial charge >= 0.3 is 0 Å². The van der Waals surface area contributed by atoms with Crippen LogP contribution in [0.3, 0.4) is 0 Å². The number of nitrogens with zero attached hydrogens (tertiary/aromatic N) is 1. The molecule has 0 fully saturated rings. The average molecular weight is 307 g/mol. The number of ether oxygens (including phenoxy) is 1. The monoisotopic (exact) mass is 307 g/mol. The van der Waals surface area contributed by atoms with Gasteiger partial charge in [-0.3, -0.25) is 0 Å². The van der Waals surface area contributed by atoms with Crippen molar-refractivity contribution in [2.24, 2.45) is 0 Å². The fourth-order valence-electron chi connectivity index (χ4n) is 3.16. The van der Waals surface area contributed by atoms with Crippen molar-refractivity contribution >= 4 is 10.9 Å². The maximum absolute atomic E-state index is 5.76. The molecule has 0 aliphatic heterocycles. The third-order valence-corrected chi connectivity index (χ3v) is 4.27. The Bertz CT molecular complexity index is 758. The molecule has 1 aromatic heterocycles. The van der Waals surface area contributed by atoms with Gasteiger partial charge in [0.05, 0.1) is 5.52 Å². The molecule has 2 nitrogen and oxygen atoms in total. The van der Waals surface area contributed by atoms with Crippen LogP contribution in [-0.2, 0) is 24.3 Å². The van der Waals surface area contributed by atoms with Crippen molar-refractivity contribution in [1.82, 2.24) is 4.57 Å². The van der Waals surface area contributed by atoms with Crippen LogP contribution in [0.1, 0.15) is 37.0 Å². The standard InChI is InChI=1S/C21H25NO/c1-3-13-23-16-22-15-18(4-2)21-19(11-8-12-20(21)22)14-17-9-6-5-7-10-17/h5-12,15H,3-4,13-14,16H2,1-2H3. The van der Waals surface area contributed by atoms with Crippen LogP contribution in [0.2, 0.25) is 0 Å². The molecule has 0 N–H and O–H groups in total. The minimum atomic E-state index is 0.638. The lowest BCUT2D eigenvalue weighted by Gasteiger charge is -2.08. The molecule has 23 heavy (non-hydrogen) atoms. The van der Waals surface area contributed by atoms with Crippen LogP contribution in [-0.4, -0.2) is 11.2 Å². The molecule has 0 radical (unpaired) electrons. The summed E-state index contributed by atoms with van der Waals surface area (Å²) >= 11 is 0. The molecule has 0 spiro atoms. The third kappa shape index (κ3) is 3.48. The summed E-state index contributed by atoms with van der Waals surface area (Å²) in [4.78, 5) is 0. The maximum Gasteiger partial charge on any atom is 0.122 e. The van der Waals surface area contributed by atoms with E-state index >= 15 is 0 Å². The first-order chi connectivity index (χ1) is 11.3. The highest BCUT2D eigenvalue weighted by molar-refractivity contribution is 5.87. The van der Waals surface area contributed by atoms with E-state index in [1.807, 2.05) is 0 Å². The lowest BCUT2D eigenvalue weighted by molar-refractivity contribution is 0.0803. The summed E-state index contributed by atoms with van der Waals surface area (Å²) in [6.07, 6.45) is 5.34. The van der Waals surface area contributed by atoms with E-state index in [1.165, 1.54) is 27.6 Å². The van der Waals surface area contributed by atoms with Crippen LogP contribution in [0.15, 0.2) is 54.7 Å². The van der Waals surface area contributed by atoms with E-state index in [0.717, 1.165) is 25.9 Å². The van der Waals surface area contributed by atoms with Crippen LogP contribution in [0.25, 0.3) is 10.9 Å². The molecule has 0 saturated carbocycles. The molecule has 120 valence electrons. The van der Waals surface area contributed by atoms with Gasteiger partial charge < -0.3 is 9.30 Å². The van der Waals surface area contributed by atoms with E-state index in [9.17, 15) is 0 Å². The zero-order valence-electron chi connectivity index (χ0n) is 14.1. The molecule has 0 aliphatic rings. The third-order valence-electron chi connectivity index (χ3n) is 4.27. The van der Waals surface area contributed by atoms with Gasteiger partial charge in [0.1, 0.15) is 6.73 Å². The molecule has 0 bridgehead atoms. The van der Waals surface area contributed by atoms with E-state index in [4.69, 9.17) is 4.74 Å². The highest BCUT2D eigenvalue weighted by atomic mass is 16.5. The summed E-state index contributed by atoms with van der Waals surface area (Å²) < 4.78 is 8.00. The summed E-state index contributed by atoms with van der Waals surface area (Å²) in [5.41, 5.74) is 5.45. The Morgan fingerprint density at radius 3 is 2.48 bits per heavy atom. The molecule has 0 saturated heterocycles. The Hall–Kier alpha value is -2.06. The Morgan fingerprint density at radius 1 is 0.913 bits per heavy atom. The highest BCUT2D eigenvalue weighted by Gasteiger charge is 2.11. The number of benzene rings is 2. The number of hydrogen-bond acceptors (Lipinski definition) is 1. The van der Waals surface area contributed by atoms with Gasteiger partial charge in [-0.15, -0.1) is 0 Å². The van der Waals surface area contributed by atoms with Gasteiger partial charge in [-0.2, -0.15) is 0 Å². The Morgan fingerprint density at radius 2 is 1.74 bits per heavy atom. The predicted octanol–water partition coefficient (Wildman–Crippen LogP) is 5.18. The van der Waals surface area contributed by atoms with Crippen molar-refractivity contribution in [2.75, 3.05) is 6.61 Å². The van der Waals surface area contributed by atoms with Crippen molar-refractivity contribution in [2.45, 2.75) is 39.8 Å². The zero-order chi connectivity index (χ0) is 16.1. The summed E-state index contributed by atoms with van der Waals surface area (Å²) in [7, 11) is 0. The molecule has 3 aromatic rings. The summed E-state index contributed by atoms with van der Waals surface area (Å²) in [5, 5.41) is 1.40. The first-order valence-electron chi connectivity index (χ1n) is 8.54. The average Bonchev–Trinajstić information content (AvgIpc) is 2.95. The van der Waals surface area contributed by atoms with E-state index in [-0.39, 0.29) is 0 Å². The number of hydrogen-bond donors (Lipinski definition) is 0. The van der Waals surface area contributed by atoms with E-state index in [0.29, 0.717) is 6.73 Å². The second-order valence-corrected chi connectivity index (χ2v) is 5.99. The number of rotatable bonds is 7. The number of aryl methyl sites for hydroxylation is 1. The van der Waals surface area contributed by atoms with Gasteiger partial charge in [-0.25, -0.2) is 0 Å². The Balaban J connectivity index is 1.98. The lowest BCUT2D eigenvalue weighted by Crippen LogP contribution is -2.01. The minimum absolute atomic E-state index is 0.638. The van der Waals surface area contributed by atoms with Gasteiger partial charge in [0.25, 0.3) is 0 Å². The number of aromatic nitrogens is 1. The first-order valence-corrected chi connectivity index (χ1v) is 8.54. The van der Waals surface area contributed by atoms with Crippen molar-refractivity contribution in [3.8, 4) is 0 Å². The first kappa shape index (κ1) is 15.8. The molecule has 3 rings (SSSR count). The van der Waals surface area contributed by atoms with Crippen molar-refractivity contribution in [1.29, 1.82) is 0 Å². The lowest BCUT2D eigenvalue weighted by atomic mass is 9.98. The number of fused-ring (bicyclic) bond motifs is 1. The van der Waals surface area contributed by atoms with Crippen LogP contribution in [0.5, 0.6) is 0 Å². The van der Waals surface area contributed by atoms with Crippen molar-refractivity contribution in [3.63, 3.8) is 0 Å². The second kappa shape index (κ2) is 7.47. The smallest absolute Gasteiger partial charge is 0.122 e. The van der Waals surface area contributed by atoms with Crippen LogP contribution < -0.4 is 0 Å². The van der Waals surface area contributed by atoms with Crippen molar-refractivity contribution < 1.29 is 4.74 Å². The molecular formula is C21H25NO. The normalized spacial score (nSPS) is 11.2. The van der Waals surface area contributed by atoms with Gasteiger partial charge in [0, 0.05) is 18.2 Å². The molecule has 0 aliphatic carbocycles. The van der Waals surface area contributed by atoms with Crippen molar-refractivity contribution in [3.05, 3.63) is 71.4 Å². The SMILES string of the molecule is CCCOCn1cc(CC)c2c(Cc3ccccc3)cccc21. The fourth-order valence-corrected chi connectivity index (χ4v) is 3.16. The molecule has 1 heterocycles. The summed E-state index contributed by atoms with van der Waals surface area (Å²) in [6.45, 7) is 5.82. The quantitative estimate of drug-likeness (QED) is 0.549. The minimum Gasteiger partial charge on any atom is -0.361 e. The van der Waals surface area contributed by atoms with Gasteiger partial charge in [-0.05, 0) is 42.0 Å². The summed E-state index contributed by atoms with van der Waals surface area (Å²) in [6, 6.07) is 17.3. The summed E-state index contributed by atoms with van der Waals surface area (Å²) in [5.74, 6) is 0. The highest BCUT2D eigenvalue weighted by Crippen LogP contribution is 2.27. The second-order valence-electron chi connectivity index (χ2n) is 5.99. The van der Waals surface area contributed by atoms with Gasteiger partial charge in [-0.1, -0.05) is 56.3 Å². The van der Waals surface area contributed by atoms with Crippen LogP contribution >= 0.6 is 0 Å². The molecule has 0 unspecified atom stereocenters. The Labute approximate surface area is 138 Å². The van der Waals surface area contributed by atoms with E-state index in [2.05, 4.69) is 73.1 Å². The molecule has 0 amide bonds. The van der Waals surface area contributed by atoms with E-state index < -0.39 is 0 Å². The molecule has 2 aromatic carbocycles. The topological polar surface area (TPSA) is 14.2 Å². The zero-order valence-corrected chi connectivity index (χ0v) is 14.1. The Kier molecular flexibility index (Phi) is 5.14. The molecule has 2 heteroatoms. The van der Waals surface area contributed by atoms with Crippen LogP contribution in [0, 0.1) is 0 Å². The predicted molar refractivity (Wildman–Crippen MR) is 96.8 cm³/mol. The van der Waals surface area contributed by atoms with Gasteiger partial charge in [0.2, 0.25) is 0 Å². The van der Waals surface area contributed by atoms with E-state index in [1.54, 1.807) is 0 Å². The van der Waals surface area contributed by atoms with Gasteiger partial charge in [0.15, 0.2) is 0 Å². The molecule has 0 atom stereocenters. The molecular weight excluding hydrogens is 282 g/mol.